The first-order valence-electron chi connectivity index (χ1n) is 6.16. The van der Waals surface area contributed by atoms with Crippen LogP contribution in [0.15, 0.2) is 24.3 Å². The van der Waals surface area contributed by atoms with Gasteiger partial charge in [0.15, 0.2) is 0 Å². The number of aliphatic hydroxyl groups excluding tert-OH is 1. The average molecular weight is 234 g/mol. The lowest BCUT2D eigenvalue weighted by molar-refractivity contribution is -0.136. The van der Waals surface area contributed by atoms with Gasteiger partial charge in [-0.2, -0.15) is 0 Å². The highest BCUT2D eigenvalue weighted by Crippen LogP contribution is 2.38. The number of benzene rings is 1. The Hall–Kier alpha value is -1.35. The summed E-state index contributed by atoms with van der Waals surface area (Å²) in [6.45, 7) is 0. The summed E-state index contributed by atoms with van der Waals surface area (Å²) in [4.78, 5) is 10.6. The van der Waals surface area contributed by atoms with Gasteiger partial charge < -0.3 is 10.2 Å². The molecule has 1 aliphatic carbocycles. The lowest BCUT2D eigenvalue weighted by atomic mass is 9.77. The van der Waals surface area contributed by atoms with Crippen LogP contribution in [0.25, 0.3) is 0 Å². The molecule has 0 bridgehead atoms. The van der Waals surface area contributed by atoms with E-state index in [4.69, 9.17) is 5.11 Å². The monoisotopic (exact) mass is 234 g/mol. The third-order valence-corrected chi connectivity index (χ3v) is 3.58. The summed E-state index contributed by atoms with van der Waals surface area (Å²) in [6.07, 6.45) is 3.54. The summed E-state index contributed by atoms with van der Waals surface area (Å²) in [5.41, 5.74) is 1.88. The van der Waals surface area contributed by atoms with E-state index in [1.54, 1.807) is 0 Å². The summed E-state index contributed by atoms with van der Waals surface area (Å²) in [6, 6.07) is 7.63. The van der Waals surface area contributed by atoms with Crippen LogP contribution in [0.2, 0.25) is 0 Å². The molecule has 1 atom stereocenters. The van der Waals surface area contributed by atoms with E-state index in [0.717, 1.165) is 24.0 Å². The molecule has 1 aromatic rings. The summed E-state index contributed by atoms with van der Waals surface area (Å²) in [5, 5.41) is 18.9. The molecule has 0 spiro atoms. The second kappa shape index (κ2) is 5.32. The number of rotatable bonds is 5. The van der Waals surface area contributed by atoms with Crippen molar-refractivity contribution >= 4 is 5.97 Å². The molecule has 2 rings (SSSR count). The van der Waals surface area contributed by atoms with Gasteiger partial charge in [0.25, 0.3) is 0 Å². The molecule has 17 heavy (non-hydrogen) atoms. The van der Waals surface area contributed by atoms with Gasteiger partial charge in [0.1, 0.15) is 0 Å². The van der Waals surface area contributed by atoms with Crippen molar-refractivity contribution in [2.75, 3.05) is 0 Å². The maximum atomic E-state index is 10.6. The first-order valence-corrected chi connectivity index (χ1v) is 6.16. The van der Waals surface area contributed by atoms with E-state index in [-0.39, 0.29) is 6.42 Å². The fourth-order valence-corrected chi connectivity index (χ4v) is 2.30. The Morgan fingerprint density at radius 3 is 2.65 bits per heavy atom. The van der Waals surface area contributed by atoms with Gasteiger partial charge in [0.2, 0.25) is 0 Å². The van der Waals surface area contributed by atoms with Gasteiger partial charge >= 0.3 is 5.97 Å². The van der Waals surface area contributed by atoms with Crippen LogP contribution in [-0.2, 0) is 11.2 Å². The molecule has 1 aromatic carbocycles. The number of carboxylic acids is 1. The van der Waals surface area contributed by atoms with Crippen molar-refractivity contribution < 1.29 is 15.0 Å². The van der Waals surface area contributed by atoms with Crippen molar-refractivity contribution in [3.05, 3.63) is 35.4 Å². The topological polar surface area (TPSA) is 57.5 Å². The van der Waals surface area contributed by atoms with Gasteiger partial charge in [-0.25, -0.2) is 0 Å². The van der Waals surface area contributed by atoms with E-state index < -0.39 is 12.1 Å². The van der Waals surface area contributed by atoms with Crippen molar-refractivity contribution in [3.8, 4) is 0 Å². The van der Waals surface area contributed by atoms with Crippen molar-refractivity contribution in [2.45, 2.75) is 38.2 Å². The zero-order chi connectivity index (χ0) is 12.3. The number of hydrogen-bond acceptors (Lipinski definition) is 2. The molecule has 1 aliphatic rings. The van der Waals surface area contributed by atoms with E-state index in [1.807, 2.05) is 24.3 Å². The van der Waals surface area contributed by atoms with Crippen LogP contribution in [0, 0.1) is 5.92 Å². The third kappa shape index (κ3) is 2.86. The van der Waals surface area contributed by atoms with Crippen LogP contribution in [-0.4, -0.2) is 16.2 Å². The van der Waals surface area contributed by atoms with Gasteiger partial charge in [-0.3, -0.25) is 4.79 Å². The van der Waals surface area contributed by atoms with Gasteiger partial charge in [0.05, 0.1) is 6.10 Å². The Morgan fingerprint density at radius 1 is 1.35 bits per heavy atom. The molecule has 2 N–H and O–H groups in total. The Kier molecular flexibility index (Phi) is 3.79. The lowest BCUT2D eigenvalue weighted by Crippen LogP contribution is -2.21. The van der Waals surface area contributed by atoms with E-state index in [0.29, 0.717) is 12.3 Å². The number of aliphatic carboxylic acids is 1. The van der Waals surface area contributed by atoms with Crippen LogP contribution in [0.1, 0.15) is 42.9 Å². The van der Waals surface area contributed by atoms with Crippen LogP contribution < -0.4 is 0 Å². The fourth-order valence-electron chi connectivity index (χ4n) is 2.30. The average Bonchev–Trinajstić information content (AvgIpc) is 2.24. The highest BCUT2D eigenvalue weighted by molar-refractivity contribution is 5.67. The molecule has 0 heterocycles. The SMILES string of the molecule is O=C(O)CCc1ccccc1C(O)C1CCC1. The molecule has 1 fully saturated rings. The summed E-state index contributed by atoms with van der Waals surface area (Å²) in [7, 11) is 0. The number of carboxylic acid groups (broad SMARTS) is 1. The second-order valence-corrected chi connectivity index (χ2v) is 4.73. The molecule has 3 nitrogen and oxygen atoms in total. The Morgan fingerprint density at radius 2 is 2.06 bits per heavy atom. The lowest BCUT2D eigenvalue weighted by Gasteiger charge is -2.31. The molecular formula is C14H18O3. The van der Waals surface area contributed by atoms with Crippen LogP contribution in [0.4, 0.5) is 0 Å². The highest BCUT2D eigenvalue weighted by atomic mass is 16.4. The van der Waals surface area contributed by atoms with Gasteiger partial charge in [-0.05, 0) is 36.3 Å². The molecule has 92 valence electrons. The molecule has 3 heteroatoms. The number of hydrogen-bond donors (Lipinski definition) is 2. The first kappa shape index (κ1) is 12.1. The van der Waals surface area contributed by atoms with Crippen LogP contribution >= 0.6 is 0 Å². The van der Waals surface area contributed by atoms with Crippen molar-refractivity contribution in [1.82, 2.24) is 0 Å². The van der Waals surface area contributed by atoms with Gasteiger partial charge in [0, 0.05) is 6.42 Å². The number of carbonyl (C=O) groups is 1. The Balaban J connectivity index is 2.11. The maximum absolute atomic E-state index is 10.6. The normalized spacial score (nSPS) is 17.5. The molecule has 1 saturated carbocycles. The fraction of sp³-hybridized carbons (Fsp3) is 0.500. The predicted octanol–water partition coefficient (Wildman–Crippen LogP) is 2.54. The standard InChI is InChI=1S/C14H18O3/c15-13(16)9-8-10-4-1-2-7-12(10)14(17)11-5-3-6-11/h1-2,4,7,11,14,17H,3,5-6,8-9H2,(H,15,16). The zero-order valence-electron chi connectivity index (χ0n) is 9.80. The largest absolute Gasteiger partial charge is 0.481 e. The van der Waals surface area contributed by atoms with E-state index in [2.05, 4.69) is 0 Å². The molecule has 1 unspecified atom stereocenters. The van der Waals surface area contributed by atoms with E-state index in [9.17, 15) is 9.90 Å². The number of aliphatic hydroxyl groups is 1. The molecule has 0 amide bonds. The minimum Gasteiger partial charge on any atom is -0.481 e. The number of aryl methyl sites for hydroxylation is 1. The van der Waals surface area contributed by atoms with Crippen molar-refractivity contribution in [1.29, 1.82) is 0 Å². The summed E-state index contributed by atoms with van der Waals surface area (Å²) in [5.74, 6) is -0.432. The first-order chi connectivity index (χ1) is 8.18. The Labute approximate surface area is 101 Å². The van der Waals surface area contributed by atoms with Crippen LogP contribution in [0.5, 0.6) is 0 Å². The van der Waals surface area contributed by atoms with E-state index >= 15 is 0 Å². The molecule has 0 aliphatic heterocycles. The Bertz CT molecular complexity index is 396. The van der Waals surface area contributed by atoms with Gasteiger partial charge in [-0.1, -0.05) is 30.7 Å². The highest BCUT2D eigenvalue weighted by Gasteiger charge is 2.27. The maximum Gasteiger partial charge on any atom is 0.303 e. The smallest absolute Gasteiger partial charge is 0.303 e. The predicted molar refractivity (Wildman–Crippen MR) is 64.7 cm³/mol. The van der Waals surface area contributed by atoms with Crippen molar-refractivity contribution in [2.24, 2.45) is 5.92 Å². The quantitative estimate of drug-likeness (QED) is 0.823. The molecule has 0 saturated heterocycles. The van der Waals surface area contributed by atoms with Crippen LogP contribution in [0.3, 0.4) is 0 Å². The summed E-state index contributed by atoms with van der Waals surface area (Å²) < 4.78 is 0. The second-order valence-electron chi connectivity index (χ2n) is 4.73. The van der Waals surface area contributed by atoms with Gasteiger partial charge in [-0.15, -0.1) is 0 Å². The van der Waals surface area contributed by atoms with Crippen molar-refractivity contribution in [3.63, 3.8) is 0 Å². The minimum atomic E-state index is -0.794. The zero-order valence-corrected chi connectivity index (χ0v) is 9.80. The molecule has 0 radical (unpaired) electrons. The third-order valence-electron chi connectivity index (χ3n) is 3.58. The summed E-state index contributed by atoms with van der Waals surface area (Å²) >= 11 is 0. The molecular weight excluding hydrogens is 216 g/mol. The molecule has 0 aromatic heterocycles. The minimum absolute atomic E-state index is 0.119. The van der Waals surface area contributed by atoms with E-state index in [1.165, 1.54) is 6.42 Å².